The number of rotatable bonds is 7. The molecule has 6 nitrogen and oxygen atoms in total. The lowest BCUT2D eigenvalue weighted by atomic mass is 10.1. The zero-order valence-electron chi connectivity index (χ0n) is 15.4. The molecule has 0 saturated carbocycles. The smallest absolute Gasteiger partial charge is 0.203 e. The van der Waals surface area contributed by atoms with Crippen molar-refractivity contribution < 1.29 is 14.2 Å². The van der Waals surface area contributed by atoms with E-state index in [0.717, 1.165) is 40.0 Å². The maximum atomic E-state index is 5.43. The van der Waals surface area contributed by atoms with E-state index >= 15 is 0 Å². The number of methoxy groups -OCH3 is 3. The van der Waals surface area contributed by atoms with Crippen LogP contribution in [0.5, 0.6) is 17.2 Å². The lowest BCUT2D eigenvalue weighted by molar-refractivity contribution is 0.399. The highest BCUT2D eigenvalue weighted by molar-refractivity contribution is 5.62. The largest absolute Gasteiger partial charge is 0.497 e. The molecule has 0 bridgehead atoms. The number of nitrogens with one attached hydrogen (secondary N) is 1. The molecule has 136 valence electrons. The van der Waals surface area contributed by atoms with Crippen LogP contribution in [0.3, 0.4) is 0 Å². The van der Waals surface area contributed by atoms with E-state index < -0.39 is 0 Å². The summed E-state index contributed by atoms with van der Waals surface area (Å²) < 4.78 is 18.0. The van der Waals surface area contributed by atoms with Crippen LogP contribution in [0.15, 0.2) is 48.7 Å². The summed E-state index contributed by atoms with van der Waals surface area (Å²) in [5.74, 6) is 3.21. The molecule has 0 aliphatic rings. The molecule has 6 heteroatoms. The normalized spacial score (nSPS) is 10.5. The van der Waals surface area contributed by atoms with Crippen molar-refractivity contribution >= 4 is 5.95 Å². The Labute approximate surface area is 153 Å². The topological polar surface area (TPSA) is 57.5 Å². The van der Waals surface area contributed by atoms with Gasteiger partial charge in [-0.1, -0.05) is 0 Å². The van der Waals surface area contributed by atoms with Crippen LogP contribution in [0, 0.1) is 0 Å². The predicted molar refractivity (Wildman–Crippen MR) is 102 cm³/mol. The number of hydrogen-bond acceptors (Lipinski definition) is 5. The lowest BCUT2D eigenvalue weighted by Gasteiger charge is -2.12. The van der Waals surface area contributed by atoms with Gasteiger partial charge in [-0.2, -0.15) is 0 Å². The molecular weight excluding hydrogens is 330 g/mol. The van der Waals surface area contributed by atoms with E-state index in [1.807, 2.05) is 60.3 Å². The molecule has 0 radical (unpaired) electrons. The Balaban J connectivity index is 1.78. The number of ether oxygens (including phenoxy) is 3. The zero-order valence-corrected chi connectivity index (χ0v) is 15.4. The third-order valence-electron chi connectivity index (χ3n) is 4.30. The fraction of sp³-hybridized carbons (Fsp3) is 0.250. The molecule has 0 atom stereocenters. The molecular formula is C20H23N3O3. The molecule has 0 aliphatic carbocycles. The van der Waals surface area contributed by atoms with Gasteiger partial charge in [0.15, 0.2) is 0 Å². The first-order valence-electron chi connectivity index (χ1n) is 8.27. The van der Waals surface area contributed by atoms with Crippen molar-refractivity contribution in [1.82, 2.24) is 9.55 Å². The molecule has 1 N–H and O–H groups in total. The van der Waals surface area contributed by atoms with Crippen molar-refractivity contribution in [2.45, 2.75) is 6.54 Å². The van der Waals surface area contributed by atoms with Gasteiger partial charge in [0.05, 0.1) is 33.2 Å². The summed E-state index contributed by atoms with van der Waals surface area (Å²) >= 11 is 0. The van der Waals surface area contributed by atoms with Crippen molar-refractivity contribution in [2.75, 3.05) is 26.6 Å². The average Bonchev–Trinajstić information content (AvgIpc) is 3.06. The number of hydrogen-bond donors (Lipinski definition) is 1. The third kappa shape index (κ3) is 3.59. The highest BCUT2D eigenvalue weighted by Gasteiger charge is 2.10. The Bertz CT molecular complexity index is 873. The number of aromatic nitrogens is 2. The van der Waals surface area contributed by atoms with Gasteiger partial charge in [-0.25, -0.2) is 4.98 Å². The minimum atomic E-state index is 0.577. The molecule has 1 aromatic heterocycles. The van der Waals surface area contributed by atoms with Crippen LogP contribution in [0.2, 0.25) is 0 Å². The molecule has 0 fully saturated rings. The molecule has 2 aromatic carbocycles. The maximum absolute atomic E-state index is 5.43. The fourth-order valence-electron chi connectivity index (χ4n) is 2.80. The van der Waals surface area contributed by atoms with E-state index in [1.54, 1.807) is 21.3 Å². The van der Waals surface area contributed by atoms with Crippen LogP contribution in [0.25, 0.3) is 11.3 Å². The summed E-state index contributed by atoms with van der Waals surface area (Å²) in [5.41, 5.74) is 3.10. The van der Waals surface area contributed by atoms with E-state index in [0.29, 0.717) is 6.54 Å². The van der Waals surface area contributed by atoms with E-state index in [-0.39, 0.29) is 0 Å². The Morgan fingerprint density at radius 3 is 2.27 bits per heavy atom. The van der Waals surface area contributed by atoms with Gasteiger partial charge in [0.1, 0.15) is 17.2 Å². The van der Waals surface area contributed by atoms with E-state index in [4.69, 9.17) is 14.2 Å². The Hall–Kier alpha value is -3.15. The summed E-state index contributed by atoms with van der Waals surface area (Å²) in [5, 5.41) is 3.36. The van der Waals surface area contributed by atoms with Gasteiger partial charge >= 0.3 is 0 Å². The molecule has 0 saturated heterocycles. The first-order valence-corrected chi connectivity index (χ1v) is 8.27. The molecule has 0 unspecified atom stereocenters. The van der Waals surface area contributed by atoms with Gasteiger partial charge in [0.2, 0.25) is 5.95 Å². The van der Waals surface area contributed by atoms with Gasteiger partial charge in [-0.3, -0.25) is 0 Å². The molecule has 3 rings (SSSR count). The summed E-state index contributed by atoms with van der Waals surface area (Å²) in [6.45, 7) is 0.577. The van der Waals surface area contributed by atoms with Crippen LogP contribution >= 0.6 is 0 Å². The average molecular weight is 353 g/mol. The summed E-state index contributed by atoms with van der Waals surface area (Å²) in [7, 11) is 6.96. The van der Waals surface area contributed by atoms with Gasteiger partial charge in [0, 0.05) is 24.7 Å². The monoisotopic (exact) mass is 353 g/mol. The lowest BCUT2D eigenvalue weighted by Crippen LogP contribution is -2.07. The van der Waals surface area contributed by atoms with Crippen LogP contribution < -0.4 is 19.5 Å². The van der Waals surface area contributed by atoms with Crippen molar-refractivity contribution in [3.05, 3.63) is 54.2 Å². The highest BCUT2D eigenvalue weighted by Crippen LogP contribution is 2.27. The SMILES string of the molecule is COc1ccc(-c2cnc(NCc3cc(OC)ccc3OC)n2C)cc1. The van der Waals surface area contributed by atoms with Crippen LogP contribution in [-0.4, -0.2) is 30.9 Å². The first-order chi connectivity index (χ1) is 12.7. The molecule has 1 heterocycles. The Morgan fingerprint density at radius 2 is 1.62 bits per heavy atom. The third-order valence-corrected chi connectivity index (χ3v) is 4.30. The van der Waals surface area contributed by atoms with E-state index in [2.05, 4.69) is 10.3 Å². The standard InChI is InChI=1S/C20H23N3O3/c1-23-18(14-5-7-16(24-2)8-6-14)13-22-20(23)21-12-15-11-17(25-3)9-10-19(15)26-4/h5-11,13H,12H2,1-4H3,(H,21,22). The number of benzene rings is 2. The molecule has 3 aromatic rings. The van der Waals surface area contributed by atoms with Crippen molar-refractivity contribution in [1.29, 1.82) is 0 Å². The molecule has 0 amide bonds. The fourth-order valence-corrected chi connectivity index (χ4v) is 2.80. The zero-order chi connectivity index (χ0) is 18.5. The number of anilines is 1. The molecule has 0 aliphatic heterocycles. The van der Waals surface area contributed by atoms with Crippen molar-refractivity contribution in [2.24, 2.45) is 7.05 Å². The second-order valence-corrected chi connectivity index (χ2v) is 5.79. The minimum absolute atomic E-state index is 0.577. The van der Waals surface area contributed by atoms with Crippen molar-refractivity contribution in [3.8, 4) is 28.5 Å². The Kier molecular flexibility index (Phi) is 5.31. The van der Waals surface area contributed by atoms with Gasteiger partial charge < -0.3 is 24.1 Å². The number of imidazole rings is 1. The van der Waals surface area contributed by atoms with Crippen LogP contribution in [-0.2, 0) is 13.6 Å². The highest BCUT2D eigenvalue weighted by atomic mass is 16.5. The van der Waals surface area contributed by atoms with Crippen LogP contribution in [0.4, 0.5) is 5.95 Å². The quantitative estimate of drug-likeness (QED) is 0.701. The maximum Gasteiger partial charge on any atom is 0.203 e. The molecule has 0 spiro atoms. The predicted octanol–water partition coefficient (Wildman–Crippen LogP) is 3.73. The summed E-state index contributed by atoms with van der Waals surface area (Å²) in [6.07, 6.45) is 1.85. The second-order valence-electron chi connectivity index (χ2n) is 5.79. The summed E-state index contributed by atoms with van der Waals surface area (Å²) in [6, 6.07) is 13.7. The summed E-state index contributed by atoms with van der Waals surface area (Å²) in [4.78, 5) is 4.50. The number of nitrogens with zero attached hydrogens (tertiary/aromatic N) is 2. The van der Waals surface area contributed by atoms with E-state index in [9.17, 15) is 0 Å². The van der Waals surface area contributed by atoms with Crippen LogP contribution in [0.1, 0.15) is 5.56 Å². The van der Waals surface area contributed by atoms with Crippen molar-refractivity contribution in [3.63, 3.8) is 0 Å². The minimum Gasteiger partial charge on any atom is -0.497 e. The first kappa shape index (κ1) is 17.7. The van der Waals surface area contributed by atoms with Gasteiger partial charge in [0.25, 0.3) is 0 Å². The van der Waals surface area contributed by atoms with Gasteiger partial charge in [-0.15, -0.1) is 0 Å². The van der Waals surface area contributed by atoms with E-state index in [1.165, 1.54) is 0 Å². The van der Waals surface area contributed by atoms with Gasteiger partial charge in [-0.05, 0) is 42.5 Å². The molecule has 26 heavy (non-hydrogen) atoms. The second kappa shape index (κ2) is 7.82. The Morgan fingerprint density at radius 1 is 0.923 bits per heavy atom.